The topological polar surface area (TPSA) is 0 Å². The van der Waals surface area contributed by atoms with Crippen molar-refractivity contribution in [3.8, 4) is 0 Å². The van der Waals surface area contributed by atoms with E-state index in [4.69, 9.17) is 0 Å². The van der Waals surface area contributed by atoms with E-state index in [0.29, 0.717) is 0 Å². The van der Waals surface area contributed by atoms with Crippen LogP contribution >= 0.6 is 28.4 Å². The van der Waals surface area contributed by atoms with Crippen LogP contribution in [0.4, 0.5) is 0 Å². The average molecular weight is 232 g/mol. The fraction of sp³-hybridized carbons (Fsp3) is 1.00. The van der Waals surface area contributed by atoms with Gasteiger partial charge in [-0.15, -0.1) is 0 Å². The lowest BCUT2D eigenvalue weighted by atomic mass is 10.6. The summed E-state index contributed by atoms with van der Waals surface area (Å²) >= 11 is 2.55. The molecule has 0 saturated carbocycles. The van der Waals surface area contributed by atoms with Crippen molar-refractivity contribution in [1.29, 1.82) is 0 Å². The maximum atomic E-state index is 2.55. The van der Waals surface area contributed by atoms with Gasteiger partial charge in [0, 0.05) is 0 Å². The summed E-state index contributed by atoms with van der Waals surface area (Å²) in [5.74, 6) is 0. The lowest BCUT2D eigenvalue weighted by Crippen LogP contribution is -1.99. The third-order valence-corrected chi connectivity index (χ3v) is 6.41. The molecule has 0 unspecified atom stereocenters. The van der Waals surface area contributed by atoms with Crippen molar-refractivity contribution in [3.63, 3.8) is 0 Å². The average Bonchev–Trinajstić information content (AvgIpc) is 1.31. The molecule has 0 amide bonds. The van der Waals surface area contributed by atoms with Crippen LogP contribution in [0.2, 0.25) is 0 Å². The maximum absolute atomic E-state index is 2.55. The quantitative estimate of drug-likeness (QED) is 0.610. The van der Waals surface area contributed by atoms with Crippen molar-refractivity contribution in [1.82, 2.24) is 0 Å². The second kappa shape index (κ2) is 2.58. The molecule has 0 aromatic heterocycles. The molecule has 0 aliphatic rings. The van der Waals surface area contributed by atoms with Gasteiger partial charge in [0.15, 0.2) is 0 Å². The molecule has 0 rings (SSSR count). The van der Waals surface area contributed by atoms with Gasteiger partial charge >= 0.3 is 0 Å². The third kappa shape index (κ3) is 3.64. The molecule has 0 nitrogen and oxygen atoms in total. The molecule has 0 aliphatic heterocycles. The highest BCUT2D eigenvalue weighted by Gasteiger charge is 2.09. The zero-order valence-corrected chi connectivity index (χ0v) is 8.34. The van der Waals surface area contributed by atoms with Gasteiger partial charge in [-0.05, 0) is 39.0 Å². The Morgan fingerprint density at radius 3 is 1.43 bits per heavy atom. The molecule has 2 heteroatoms. The SMILES string of the molecule is CC(C)S(C)(C)I. The Kier molecular flexibility index (Phi) is 2.97. The number of hydrogen-bond donors (Lipinski definition) is 0. The van der Waals surface area contributed by atoms with Gasteiger partial charge in [-0.1, -0.05) is 13.8 Å². The fourth-order valence-corrected chi connectivity index (χ4v) is 0. The highest BCUT2D eigenvalue weighted by Crippen LogP contribution is 2.53. The van der Waals surface area contributed by atoms with Gasteiger partial charge in [0.05, 0.1) is 0 Å². The Labute approximate surface area is 60.0 Å². The first kappa shape index (κ1) is 8.08. The molecular formula is C5H13IS. The third-order valence-electron chi connectivity index (χ3n) is 1.12. The predicted molar refractivity (Wildman–Crippen MR) is 48.6 cm³/mol. The first-order valence-electron chi connectivity index (χ1n) is 2.36. The van der Waals surface area contributed by atoms with Crippen LogP contribution in [-0.4, -0.2) is 17.8 Å². The molecule has 0 aromatic rings. The van der Waals surface area contributed by atoms with Gasteiger partial charge in [-0.3, -0.25) is 0 Å². The second-order valence-corrected chi connectivity index (χ2v) is 12.6. The Hall–Kier alpha value is 1.08. The van der Waals surface area contributed by atoms with E-state index in [2.05, 4.69) is 47.6 Å². The summed E-state index contributed by atoms with van der Waals surface area (Å²) in [7, 11) is -0.271. The Morgan fingerprint density at radius 2 is 1.43 bits per heavy atom. The molecule has 0 atom stereocenters. The van der Waals surface area contributed by atoms with Crippen molar-refractivity contribution in [2.24, 2.45) is 0 Å². The van der Waals surface area contributed by atoms with E-state index in [9.17, 15) is 0 Å². The summed E-state index contributed by atoms with van der Waals surface area (Å²) in [6.07, 6.45) is 4.66. The monoisotopic (exact) mass is 232 g/mol. The van der Waals surface area contributed by atoms with Crippen molar-refractivity contribution < 1.29 is 0 Å². The summed E-state index contributed by atoms with van der Waals surface area (Å²) in [5.41, 5.74) is 0. The molecule has 7 heavy (non-hydrogen) atoms. The molecule has 0 N–H and O–H groups in total. The predicted octanol–water partition coefficient (Wildman–Crippen LogP) is 2.81. The summed E-state index contributed by atoms with van der Waals surface area (Å²) in [5, 5.41) is 0.869. The van der Waals surface area contributed by atoms with E-state index >= 15 is 0 Å². The highest BCUT2D eigenvalue weighted by atomic mass is 127. The van der Waals surface area contributed by atoms with Crippen LogP contribution in [-0.2, 0) is 0 Å². The van der Waals surface area contributed by atoms with Gasteiger partial charge in [-0.25, -0.2) is 0 Å². The van der Waals surface area contributed by atoms with Gasteiger partial charge in [0.25, 0.3) is 0 Å². The van der Waals surface area contributed by atoms with E-state index in [-0.39, 0.29) is 7.20 Å². The molecule has 0 aromatic carbocycles. The van der Waals surface area contributed by atoms with Crippen LogP contribution < -0.4 is 0 Å². The van der Waals surface area contributed by atoms with Crippen LogP contribution in [0, 0.1) is 0 Å². The minimum absolute atomic E-state index is 0.271. The van der Waals surface area contributed by atoms with Gasteiger partial charge < -0.3 is 0 Å². The first-order valence-corrected chi connectivity index (χ1v) is 7.42. The van der Waals surface area contributed by atoms with Crippen LogP contribution in [0.1, 0.15) is 13.8 Å². The minimum Gasteiger partial charge on any atom is -0.191 e. The molecular weight excluding hydrogens is 219 g/mol. The summed E-state index contributed by atoms with van der Waals surface area (Å²) in [6.45, 7) is 4.56. The lowest BCUT2D eigenvalue weighted by molar-refractivity contribution is 1.11. The van der Waals surface area contributed by atoms with E-state index < -0.39 is 0 Å². The Balaban J connectivity index is 3.54. The van der Waals surface area contributed by atoms with Gasteiger partial charge in [-0.2, -0.15) is 7.20 Å². The molecule has 0 aliphatic carbocycles. The van der Waals surface area contributed by atoms with Gasteiger partial charge in [0.2, 0.25) is 0 Å². The largest absolute Gasteiger partial charge is 0.191 e. The van der Waals surface area contributed by atoms with Crippen molar-refractivity contribution in [2.75, 3.05) is 12.5 Å². The van der Waals surface area contributed by atoms with Crippen molar-refractivity contribution in [3.05, 3.63) is 0 Å². The summed E-state index contributed by atoms with van der Waals surface area (Å²) < 4.78 is 0. The van der Waals surface area contributed by atoms with Crippen molar-refractivity contribution >= 4 is 28.4 Å². The standard InChI is InChI=1S/C5H13IS/c1-5(2)7(3,4)6/h5H,1-4H3. The van der Waals surface area contributed by atoms with E-state index in [1.165, 1.54) is 0 Å². The molecule has 0 saturated heterocycles. The first-order chi connectivity index (χ1) is 2.94. The lowest BCUT2D eigenvalue weighted by Gasteiger charge is -2.27. The fourth-order valence-electron chi connectivity index (χ4n) is 0. The van der Waals surface area contributed by atoms with Crippen molar-refractivity contribution in [2.45, 2.75) is 19.1 Å². The maximum Gasteiger partial charge on any atom is -0.00907 e. The van der Waals surface area contributed by atoms with E-state index in [1.807, 2.05) is 0 Å². The van der Waals surface area contributed by atoms with Crippen LogP contribution in [0.5, 0.6) is 0 Å². The van der Waals surface area contributed by atoms with Crippen LogP contribution in [0.25, 0.3) is 0 Å². The molecule has 0 heterocycles. The normalized spacial score (nSPS) is 15.1. The number of hydrogen-bond acceptors (Lipinski definition) is 0. The molecule has 0 radical (unpaired) electrons. The molecule has 46 valence electrons. The number of halogens is 1. The van der Waals surface area contributed by atoms with Crippen LogP contribution in [0.15, 0.2) is 0 Å². The van der Waals surface area contributed by atoms with E-state index in [0.717, 1.165) is 5.25 Å². The number of rotatable bonds is 1. The van der Waals surface area contributed by atoms with Gasteiger partial charge in [0.1, 0.15) is 0 Å². The Morgan fingerprint density at radius 1 is 1.29 bits per heavy atom. The minimum atomic E-state index is -0.271. The zero-order chi connectivity index (χ0) is 6.08. The molecule has 0 bridgehead atoms. The smallest absolute Gasteiger partial charge is 0.00907 e. The molecule has 0 spiro atoms. The van der Waals surface area contributed by atoms with E-state index in [1.54, 1.807) is 0 Å². The van der Waals surface area contributed by atoms with Crippen LogP contribution in [0.3, 0.4) is 0 Å². The summed E-state index contributed by atoms with van der Waals surface area (Å²) in [4.78, 5) is 0. The Bertz CT molecular complexity index is 53.6. The highest BCUT2D eigenvalue weighted by molar-refractivity contribution is 14.2. The second-order valence-electron chi connectivity index (χ2n) is 2.33. The zero-order valence-electron chi connectivity index (χ0n) is 5.36. The summed E-state index contributed by atoms with van der Waals surface area (Å²) in [6, 6.07) is 0. The molecule has 0 fully saturated rings.